The predicted octanol–water partition coefficient (Wildman–Crippen LogP) is 2.82. The lowest BCUT2D eigenvalue weighted by molar-refractivity contribution is 0.450. The monoisotopic (exact) mass is 338 g/mol. The second kappa shape index (κ2) is 6.31. The van der Waals surface area contributed by atoms with Crippen LogP contribution in [0.25, 0.3) is 0 Å². The maximum Gasteiger partial charge on any atom is 0.268 e. The van der Waals surface area contributed by atoms with Crippen molar-refractivity contribution in [1.29, 1.82) is 10.5 Å². The van der Waals surface area contributed by atoms with Crippen LogP contribution in [0.2, 0.25) is 0 Å². The standard InChI is InChI=1S/C17H14N4O2S/c1-9-11(6-18)15(22)21-16(23)13(9)8-20-17-12(7-19)10-4-2-3-5-14(10)24-17/h8H,2-5H2,1H3,(H2,21,22,23). The summed E-state index contributed by atoms with van der Waals surface area (Å²) in [6.07, 6.45) is 5.46. The third-order valence-electron chi connectivity index (χ3n) is 4.18. The number of pyridine rings is 1. The Morgan fingerprint density at radius 1 is 1.25 bits per heavy atom. The van der Waals surface area contributed by atoms with Crippen LogP contribution >= 0.6 is 11.3 Å². The first-order chi connectivity index (χ1) is 11.6. The van der Waals surface area contributed by atoms with E-state index in [0.29, 0.717) is 16.1 Å². The second-order valence-corrected chi connectivity index (χ2v) is 6.67. The van der Waals surface area contributed by atoms with Gasteiger partial charge in [-0.3, -0.25) is 9.78 Å². The van der Waals surface area contributed by atoms with Crippen LogP contribution in [-0.2, 0) is 12.8 Å². The minimum absolute atomic E-state index is 0.0553. The summed E-state index contributed by atoms with van der Waals surface area (Å²) in [6, 6.07) is 4.05. The highest BCUT2D eigenvalue weighted by Gasteiger charge is 2.20. The molecule has 2 N–H and O–H groups in total. The number of hydrogen-bond acceptors (Lipinski definition) is 6. The molecule has 0 unspecified atom stereocenters. The minimum Gasteiger partial charge on any atom is -0.494 e. The zero-order valence-corrected chi connectivity index (χ0v) is 13.8. The molecule has 0 bridgehead atoms. The number of aliphatic imine (C=N–C) groups is 1. The highest BCUT2D eigenvalue weighted by Crippen LogP contribution is 2.39. The molecule has 1 aliphatic rings. The van der Waals surface area contributed by atoms with Crippen molar-refractivity contribution >= 4 is 22.6 Å². The fraction of sp³-hybridized carbons (Fsp3) is 0.294. The zero-order chi connectivity index (χ0) is 17.3. The summed E-state index contributed by atoms with van der Waals surface area (Å²) in [5, 5.41) is 29.0. The van der Waals surface area contributed by atoms with E-state index in [-0.39, 0.29) is 17.0 Å². The van der Waals surface area contributed by atoms with Gasteiger partial charge in [0.2, 0.25) is 5.88 Å². The molecule has 0 spiro atoms. The maximum atomic E-state index is 11.6. The van der Waals surface area contributed by atoms with Crippen molar-refractivity contribution in [1.82, 2.24) is 4.98 Å². The number of rotatable bonds is 2. The fourth-order valence-electron chi connectivity index (χ4n) is 2.89. The molecule has 0 aliphatic heterocycles. The van der Waals surface area contributed by atoms with Gasteiger partial charge in [0.15, 0.2) is 0 Å². The Morgan fingerprint density at radius 3 is 2.67 bits per heavy atom. The quantitative estimate of drug-likeness (QED) is 0.820. The number of aromatic hydroxyl groups is 1. The molecule has 6 nitrogen and oxygen atoms in total. The number of aryl methyl sites for hydroxylation is 1. The predicted molar refractivity (Wildman–Crippen MR) is 91.1 cm³/mol. The largest absolute Gasteiger partial charge is 0.494 e. The van der Waals surface area contributed by atoms with E-state index in [4.69, 9.17) is 5.26 Å². The number of nitrogens with one attached hydrogen (secondary N) is 1. The van der Waals surface area contributed by atoms with E-state index in [9.17, 15) is 15.2 Å². The van der Waals surface area contributed by atoms with Gasteiger partial charge in [0.1, 0.15) is 22.7 Å². The first kappa shape index (κ1) is 16.0. The lowest BCUT2D eigenvalue weighted by atomic mass is 9.96. The highest BCUT2D eigenvalue weighted by molar-refractivity contribution is 7.16. The van der Waals surface area contributed by atoms with E-state index in [0.717, 1.165) is 31.2 Å². The van der Waals surface area contributed by atoms with Gasteiger partial charge in [-0.2, -0.15) is 10.5 Å². The van der Waals surface area contributed by atoms with Gasteiger partial charge in [-0.25, -0.2) is 4.99 Å². The van der Waals surface area contributed by atoms with Crippen LogP contribution in [0.15, 0.2) is 9.79 Å². The molecular weight excluding hydrogens is 324 g/mol. The Labute approximate surface area is 142 Å². The van der Waals surface area contributed by atoms with Crippen LogP contribution in [0.4, 0.5) is 5.00 Å². The smallest absolute Gasteiger partial charge is 0.268 e. The fourth-order valence-corrected chi connectivity index (χ4v) is 4.08. The summed E-state index contributed by atoms with van der Waals surface area (Å²) in [6.45, 7) is 1.58. The van der Waals surface area contributed by atoms with Crippen molar-refractivity contribution in [3.8, 4) is 18.0 Å². The highest BCUT2D eigenvalue weighted by atomic mass is 32.1. The van der Waals surface area contributed by atoms with Gasteiger partial charge in [0.05, 0.1) is 11.1 Å². The summed E-state index contributed by atoms with van der Waals surface area (Å²) in [4.78, 5) is 19.4. The van der Waals surface area contributed by atoms with Gasteiger partial charge in [-0.05, 0) is 43.7 Å². The van der Waals surface area contributed by atoms with Gasteiger partial charge in [0.25, 0.3) is 5.56 Å². The van der Waals surface area contributed by atoms with E-state index in [1.54, 1.807) is 6.92 Å². The van der Waals surface area contributed by atoms with Gasteiger partial charge >= 0.3 is 0 Å². The zero-order valence-electron chi connectivity index (χ0n) is 13.0. The van der Waals surface area contributed by atoms with Crippen molar-refractivity contribution in [3.63, 3.8) is 0 Å². The van der Waals surface area contributed by atoms with Gasteiger partial charge in [-0.1, -0.05) is 0 Å². The topological polar surface area (TPSA) is 113 Å². The lowest BCUT2D eigenvalue weighted by Gasteiger charge is -2.09. The molecule has 0 saturated carbocycles. The number of nitrogens with zero attached hydrogens (tertiary/aromatic N) is 3. The molecule has 0 fully saturated rings. The molecule has 0 aromatic carbocycles. The Kier molecular flexibility index (Phi) is 4.20. The van der Waals surface area contributed by atoms with Crippen LogP contribution in [0.3, 0.4) is 0 Å². The average molecular weight is 338 g/mol. The summed E-state index contributed by atoms with van der Waals surface area (Å²) >= 11 is 1.49. The van der Waals surface area contributed by atoms with Crippen molar-refractivity contribution in [2.24, 2.45) is 4.99 Å². The van der Waals surface area contributed by atoms with Crippen LogP contribution < -0.4 is 5.56 Å². The van der Waals surface area contributed by atoms with Crippen LogP contribution in [0.1, 0.15) is 45.5 Å². The Balaban J connectivity index is 2.08. The molecular formula is C17H14N4O2S. The molecule has 120 valence electrons. The number of aromatic amines is 1. The number of aromatic nitrogens is 1. The first-order valence-electron chi connectivity index (χ1n) is 7.51. The normalized spacial score (nSPS) is 13.5. The number of H-pyrrole nitrogens is 1. The van der Waals surface area contributed by atoms with Crippen molar-refractivity contribution in [2.75, 3.05) is 0 Å². The number of nitriles is 2. The van der Waals surface area contributed by atoms with Crippen LogP contribution in [-0.4, -0.2) is 16.3 Å². The molecule has 1 aliphatic carbocycles. The Morgan fingerprint density at radius 2 is 1.96 bits per heavy atom. The van der Waals surface area contributed by atoms with E-state index in [2.05, 4.69) is 16.0 Å². The van der Waals surface area contributed by atoms with Gasteiger partial charge in [-0.15, -0.1) is 11.3 Å². The number of hydrogen-bond donors (Lipinski definition) is 2. The summed E-state index contributed by atoms with van der Waals surface area (Å²) < 4.78 is 0. The van der Waals surface area contributed by atoms with Crippen LogP contribution in [0, 0.1) is 29.6 Å². The lowest BCUT2D eigenvalue weighted by Crippen LogP contribution is -2.14. The summed E-state index contributed by atoms with van der Waals surface area (Å²) in [7, 11) is 0. The van der Waals surface area contributed by atoms with Gasteiger partial charge in [0, 0.05) is 11.1 Å². The Hall–Kier alpha value is -2.90. The minimum atomic E-state index is -0.631. The third-order valence-corrected chi connectivity index (χ3v) is 5.38. The van der Waals surface area contributed by atoms with Crippen molar-refractivity contribution in [2.45, 2.75) is 32.6 Å². The van der Waals surface area contributed by atoms with E-state index in [1.165, 1.54) is 22.4 Å². The third kappa shape index (κ3) is 2.60. The number of fused-ring (bicyclic) bond motifs is 1. The molecule has 2 heterocycles. The number of thiophene rings is 1. The summed E-state index contributed by atoms with van der Waals surface area (Å²) in [5.41, 5.74) is 1.63. The van der Waals surface area contributed by atoms with Crippen molar-refractivity contribution in [3.05, 3.63) is 43.0 Å². The van der Waals surface area contributed by atoms with Crippen molar-refractivity contribution < 1.29 is 5.11 Å². The summed E-state index contributed by atoms with van der Waals surface area (Å²) in [5.74, 6) is -0.333. The maximum absolute atomic E-state index is 11.6. The van der Waals surface area contributed by atoms with Crippen LogP contribution in [0.5, 0.6) is 5.88 Å². The Bertz CT molecular complexity index is 986. The molecule has 3 rings (SSSR count). The van der Waals surface area contributed by atoms with Gasteiger partial charge < -0.3 is 5.11 Å². The molecule has 2 aromatic rings. The second-order valence-electron chi connectivity index (χ2n) is 5.59. The SMILES string of the molecule is Cc1c(C=Nc2sc3c(c2C#N)CCCC3)c(O)[nH]c(=O)c1C#N. The molecule has 0 radical (unpaired) electrons. The average Bonchev–Trinajstić information content (AvgIpc) is 2.92. The first-order valence-corrected chi connectivity index (χ1v) is 8.33. The molecule has 2 aromatic heterocycles. The van der Waals surface area contributed by atoms with E-state index in [1.807, 2.05) is 6.07 Å². The molecule has 0 saturated heterocycles. The molecule has 0 amide bonds. The molecule has 7 heteroatoms. The molecule has 24 heavy (non-hydrogen) atoms. The van der Waals surface area contributed by atoms with E-state index < -0.39 is 5.56 Å². The van der Waals surface area contributed by atoms with E-state index >= 15 is 0 Å². The molecule has 0 atom stereocenters.